The smallest absolute Gasteiger partial charge is 0.318 e. The Morgan fingerprint density at radius 1 is 1.18 bits per heavy atom. The van der Waals surface area contributed by atoms with Gasteiger partial charge in [0.25, 0.3) is 0 Å². The van der Waals surface area contributed by atoms with Crippen LogP contribution in [0.15, 0.2) is 0 Å². The summed E-state index contributed by atoms with van der Waals surface area (Å²) in [5.74, 6) is 0.638. The molecule has 6 nitrogen and oxygen atoms in total. The maximum Gasteiger partial charge on any atom is 0.318 e. The van der Waals surface area contributed by atoms with E-state index in [1.54, 1.807) is 0 Å². The molecule has 0 saturated heterocycles. The monoisotopic (exact) mass is 232 g/mol. The van der Waals surface area contributed by atoms with Crippen LogP contribution >= 0.6 is 0 Å². The third-order valence-corrected chi connectivity index (χ3v) is 3.07. The van der Waals surface area contributed by atoms with Gasteiger partial charge < -0.3 is 9.47 Å². The third-order valence-electron chi connectivity index (χ3n) is 3.07. The van der Waals surface area contributed by atoms with Gasteiger partial charge in [-0.3, -0.25) is 10.1 Å². The van der Waals surface area contributed by atoms with Crippen LogP contribution in [0.4, 0.5) is 5.69 Å². The Labute approximate surface area is 96.5 Å². The van der Waals surface area contributed by atoms with Crippen LogP contribution in [0.5, 0.6) is 11.5 Å². The minimum Gasteiger partial charge on any atom is -0.491 e. The van der Waals surface area contributed by atoms with E-state index in [0.29, 0.717) is 48.5 Å². The Morgan fingerprint density at radius 3 is 2.47 bits per heavy atom. The minimum atomic E-state index is -0.446. The first-order valence-corrected chi connectivity index (χ1v) is 5.26. The van der Waals surface area contributed by atoms with Crippen molar-refractivity contribution in [3.63, 3.8) is 0 Å². The summed E-state index contributed by atoms with van der Waals surface area (Å²) in [6.45, 7) is 0.765. The fourth-order valence-corrected chi connectivity index (χ4v) is 2.40. The van der Waals surface area contributed by atoms with Crippen molar-refractivity contribution in [2.45, 2.75) is 12.8 Å². The van der Waals surface area contributed by atoms with Gasteiger partial charge in [-0.15, -0.1) is 0 Å². The summed E-state index contributed by atoms with van der Waals surface area (Å²) in [7, 11) is 0. The van der Waals surface area contributed by atoms with Crippen molar-refractivity contribution in [2.24, 2.45) is 0 Å². The number of hydrogen-bond donors (Lipinski definition) is 0. The predicted octanol–water partition coefficient (Wildman–Crippen LogP) is 1.34. The Morgan fingerprint density at radius 2 is 1.82 bits per heavy atom. The maximum atomic E-state index is 11.1. The summed E-state index contributed by atoms with van der Waals surface area (Å²) in [5, 5.41) is 20.2. The third kappa shape index (κ3) is 1.19. The molecule has 0 aliphatic carbocycles. The highest BCUT2D eigenvalue weighted by atomic mass is 16.6. The summed E-state index contributed by atoms with van der Waals surface area (Å²) in [6, 6.07) is 2.07. The predicted molar refractivity (Wildman–Crippen MR) is 56.2 cm³/mol. The molecule has 1 aromatic rings. The number of hydrogen-bond acceptors (Lipinski definition) is 5. The van der Waals surface area contributed by atoms with Crippen molar-refractivity contribution in [3.8, 4) is 17.6 Å². The van der Waals surface area contributed by atoms with Gasteiger partial charge in [0.05, 0.1) is 23.7 Å². The number of fused-ring (bicyclic) bond motifs is 2. The molecular formula is C11H8N2O4. The average Bonchev–Trinajstić information content (AvgIpc) is 2.92. The number of nitrogens with zero attached hydrogens (tertiary/aromatic N) is 2. The Bertz CT molecular complexity index is 539. The fourth-order valence-electron chi connectivity index (χ4n) is 2.40. The topological polar surface area (TPSA) is 85.4 Å². The lowest BCUT2D eigenvalue weighted by atomic mass is 9.98. The highest BCUT2D eigenvalue weighted by Gasteiger charge is 2.37. The molecule has 1 aromatic carbocycles. The van der Waals surface area contributed by atoms with Crippen molar-refractivity contribution in [2.75, 3.05) is 13.2 Å². The summed E-state index contributed by atoms with van der Waals surface area (Å²) in [5.41, 5.74) is 1.48. The van der Waals surface area contributed by atoms with E-state index in [9.17, 15) is 10.1 Å². The first-order chi connectivity index (χ1) is 8.24. The molecule has 0 atom stereocenters. The number of nitriles is 1. The van der Waals surface area contributed by atoms with Crippen LogP contribution in [0, 0.1) is 21.4 Å². The number of nitro benzene ring substituents is 1. The SMILES string of the molecule is N#Cc1c2c(c([N+](=O)[O-])c3c1OCC3)OCC2. The van der Waals surface area contributed by atoms with Gasteiger partial charge in [-0.25, -0.2) is 0 Å². The largest absolute Gasteiger partial charge is 0.491 e. The van der Waals surface area contributed by atoms with Gasteiger partial charge in [-0.05, 0) is 0 Å². The lowest BCUT2D eigenvalue weighted by Gasteiger charge is -2.08. The molecule has 3 rings (SSSR count). The molecule has 2 heterocycles. The summed E-state index contributed by atoms with van der Waals surface area (Å²) < 4.78 is 10.7. The van der Waals surface area contributed by atoms with Gasteiger partial charge in [0.2, 0.25) is 5.75 Å². The molecule has 86 valence electrons. The fraction of sp³-hybridized carbons (Fsp3) is 0.364. The molecule has 17 heavy (non-hydrogen) atoms. The summed E-state index contributed by atoms with van der Waals surface area (Å²) in [6.07, 6.45) is 0.979. The number of ether oxygens (including phenoxy) is 2. The Hall–Kier alpha value is -2.29. The van der Waals surface area contributed by atoms with Gasteiger partial charge >= 0.3 is 5.69 Å². The van der Waals surface area contributed by atoms with E-state index in [1.807, 2.05) is 0 Å². The highest BCUT2D eigenvalue weighted by molar-refractivity contribution is 5.71. The van der Waals surface area contributed by atoms with E-state index < -0.39 is 4.92 Å². The van der Waals surface area contributed by atoms with E-state index in [4.69, 9.17) is 14.7 Å². The van der Waals surface area contributed by atoms with Gasteiger partial charge in [0.15, 0.2) is 0 Å². The molecule has 0 spiro atoms. The molecule has 0 bridgehead atoms. The molecule has 0 N–H and O–H groups in total. The molecule has 0 unspecified atom stereocenters. The standard InChI is InChI=1S/C11H8N2O4/c12-5-8-6-1-3-17-11(6)9(13(14)15)7-2-4-16-10(7)8/h1-4H2. The molecule has 2 aliphatic rings. The van der Waals surface area contributed by atoms with Crippen molar-refractivity contribution >= 4 is 5.69 Å². The quantitative estimate of drug-likeness (QED) is 0.538. The zero-order chi connectivity index (χ0) is 12.0. The highest BCUT2D eigenvalue weighted by Crippen LogP contribution is 2.48. The van der Waals surface area contributed by atoms with Crippen LogP contribution in [0.25, 0.3) is 0 Å². The van der Waals surface area contributed by atoms with Gasteiger partial charge in [-0.1, -0.05) is 0 Å². The molecule has 0 aromatic heterocycles. The number of rotatable bonds is 1. The van der Waals surface area contributed by atoms with Crippen molar-refractivity contribution in [3.05, 3.63) is 26.8 Å². The lowest BCUT2D eigenvalue weighted by molar-refractivity contribution is -0.386. The number of nitro groups is 1. The Kier molecular flexibility index (Phi) is 1.95. The molecule has 0 radical (unpaired) electrons. The molecule has 6 heteroatoms. The first-order valence-electron chi connectivity index (χ1n) is 5.26. The second-order valence-electron chi connectivity index (χ2n) is 3.90. The van der Waals surface area contributed by atoms with Gasteiger partial charge in [0.1, 0.15) is 17.4 Å². The van der Waals surface area contributed by atoms with Crippen LogP contribution in [0.2, 0.25) is 0 Å². The molecule has 2 aliphatic heterocycles. The van der Waals surface area contributed by atoms with E-state index in [1.165, 1.54) is 0 Å². The van der Waals surface area contributed by atoms with Crippen molar-refractivity contribution in [1.29, 1.82) is 5.26 Å². The van der Waals surface area contributed by atoms with Crippen LogP contribution in [-0.4, -0.2) is 18.1 Å². The van der Waals surface area contributed by atoms with Crippen LogP contribution in [0.1, 0.15) is 16.7 Å². The maximum absolute atomic E-state index is 11.1. The zero-order valence-corrected chi connectivity index (χ0v) is 8.86. The molecule has 0 fully saturated rings. The van der Waals surface area contributed by atoms with Crippen LogP contribution in [0.3, 0.4) is 0 Å². The van der Waals surface area contributed by atoms with Crippen LogP contribution < -0.4 is 9.47 Å². The van der Waals surface area contributed by atoms with E-state index in [-0.39, 0.29) is 11.4 Å². The Balaban J connectivity index is 2.39. The summed E-state index contributed by atoms with van der Waals surface area (Å²) in [4.78, 5) is 10.7. The first kappa shape index (κ1) is 9.90. The van der Waals surface area contributed by atoms with E-state index in [2.05, 4.69) is 6.07 Å². The second kappa shape index (κ2) is 3.35. The molecule has 0 amide bonds. The second-order valence-corrected chi connectivity index (χ2v) is 3.90. The normalized spacial score (nSPS) is 15.5. The van der Waals surface area contributed by atoms with Crippen molar-refractivity contribution < 1.29 is 14.4 Å². The van der Waals surface area contributed by atoms with E-state index >= 15 is 0 Å². The number of benzene rings is 1. The van der Waals surface area contributed by atoms with Crippen LogP contribution in [-0.2, 0) is 12.8 Å². The molecular weight excluding hydrogens is 224 g/mol. The zero-order valence-electron chi connectivity index (χ0n) is 8.86. The van der Waals surface area contributed by atoms with E-state index in [0.717, 1.165) is 0 Å². The minimum absolute atomic E-state index is 0.0241. The summed E-state index contributed by atoms with van der Waals surface area (Å²) >= 11 is 0. The average molecular weight is 232 g/mol. The molecule has 0 saturated carbocycles. The van der Waals surface area contributed by atoms with Gasteiger partial charge in [0, 0.05) is 18.4 Å². The lowest BCUT2D eigenvalue weighted by Crippen LogP contribution is -1.99. The van der Waals surface area contributed by atoms with Crippen molar-refractivity contribution in [1.82, 2.24) is 0 Å². The van der Waals surface area contributed by atoms with Gasteiger partial charge in [-0.2, -0.15) is 5.26 Å².